The van der Waals surface area contributed by atoms with Crippen molar-refractivity contribution in [3.8, 4) is 0 Å². The third-order valence-corrected chi connectivity index (χ3v) is 1.02. The van der Waals surface area contributed by atoms with Crippen molar-refractivity contribution in [2.45, 2.75) is 6.42 Å². The molecule has 0 N–H and O–H groups in total. The quantitative estimate of drug-likeness (QED) is 0.392. The Morgan fingerprint density at radius 2 is 1.86 bits per heavy atom. The predicted octanol–water partition coefficient (Wildman–Crippen LogP) is -0.827. The summed E-state index contributed by atoms with van der Waals surface area (Å²) in [5.74, 6) is 0.218. The summed E-state index contributed by atoms with van der Waals surface area (Å²) in [7, 11) is -2.16. The Hall–Kier alpha value is 0.950. The number of hydrogen-bond acceptors (Lipinski definition) is 2. The van der Waals surface area contributed by atoms with E-state index < -0.39 is 10.7 Å². The van der Waals surface area contributed by atoms with Crippen molar-refractivity contribution in [2.24, 2.45) is 0 Å². The van der Waals surface area contributed by atoms with E-state index in [-0.39, 0.29) is 35.3 Å². The molecule has 0 aromatic carbocycles. The Morgan fingerprint density at radius 3 is 1.86 bits per heavy atom. The van der Waals surface area contributed by atoms with Crippen LogP contribution >= 0.6 is 0 Å². The van der Waals surface area contributed by atoms with E-state index in [4.69, 9.17) is 0 Å². The van der Waals surface area contributed by atoms with Gasteiger partial charge in [0.05, 0.1) is 0 Å². The van der Waals surface area contributed by atoms with Gasteiger partial charge in [-0.2, -0.15) is 0 Å². The summed E-state index contributed by atoms with van der Waals surface area (Å²) in [6.07, 6.45) is 0.485. The van der Waals surface area contributed by atoms with Crippen LogP contribution in [-0.2, 0) is 10.7 Å². The van der Waals surface area contributed by atoms with Crippen molar-refractivity contribution >= 4 is 40.3 Å². The van der Waals surface area contributed by atoms with Crippen LogP contribution in [0.3, 0.4) is 0 Å². The zero-order valence-corrected chi connectivity index (χ0v) is 4.28. The van der Waals surface area contributed by atoms with Crippen LogP contribution < -0.4 is 0 Å². The second kappa shape index (κ2) is 6.95. The first-order valence-electron chi connectivity index (χ1n) is 1.68. The molecule has 0 atom stereocenters. The Kier molecular flexibility index (Phi) is 10.8. The van der Waals surface area contributed by atoms with Gasteiger partial charge in [-0.25, -0.2) is 8.42 Å². The van der Waals surface area contributed by atoms with Crippen LogP contribution in [-0.4, -0.2) is 43.7 Å². The maximum atomic E-state index is 9.60. The molecule has 0 saturated heterocycles. The van der Waals surface area contributed by atoms with Crippen LogP contribution in [0.15, 0.2) is 0 Å². The first kappa shape index (κ1) is 10.8. The SMILES string of the molecule is [CH2]CC[SH](=O)=O.[NaH]. The Balaban J connectivity index is 0. The molecule has 0 heterocycles. The van der Waals surface area contributed by atoms with E-state index in [1.807, 2.05) is 0 Å². The fourth-order valence-corrected chi connectivity index (χ4v) is 0.387. The molecule has 0 saturated carbocycles. The topological polar surface area (TPSA) is 34.1 Å². The maximum absolute atomic E-state index is 9.60. The van der Waals surface area contributed by atoms with Crippen molar-refractivity contribution < 1.29 is 8.42 Å². The van der Waals surface area contributed by atoms with Crippen molar-refractivity contribution in [1.82, 2.24) is 0 Å². The Bertz CT molecular complexity index is 80.9. The van der Waals surface area contributed by atoms with Gasteiger partial charge in [-0.05, 0) is 6.42 Å². The van der Waals surface area contributed by atoms with E-state index in [0.717, 1.165) is 0 Å². The summed E-state index contributed by atoms with van der Waals surface area (Å²) in [5.41, 5.74) is 0. The van der Waals surface area contributed by atoms with Crippen molar-refractivity contribution in [1.29, 1.82) is 0 Å². The zero-order valence-electron chi connectivity index (χ0n) is 3.39. The van der Waals surface area contributed by atoms with E-state index in [1.165, 1.54) is 0 Å². The van der Waals surface area contributed by atoms with Crippen LogP contribution in [0.5, 0.6) is 0 Å². The molecule has 0 fully saturated rings. The van der Waals surface area contributed by atoms with E-state index in [1.54, 1.807) is 0 Å². The normalized spacial score (nSPS) is 8.29. The predicted molar refractivity (Wildman–Crippen MR) is 32.3 cm³/mol. The van der Waals surface area contributed by atoms with Crippen molar-refractivity contribution in [3.05, 3.63) is 6.92 Å². The first-order chi connectivity index (χ1) is 2.77. The number of hydrogen-bond donors (Lipinski definition) is 1. The van der Waals surface area contributed by atoms with Crippen LogP contribution in [0.4, 0.5) is 0 Å². The van der Waals surface area contributed by atoms with Crippen LogP contribution in [0.25, 0.3) is 0 Å². The van der Waals surface area contributed by atoms with E-state index >= 15 is 0 Å². The molecule has 0 amide bonds. The molecule has 0 unspecified atom stereocenters. The van der Waals surface area contributed by atoms with E-state index in [2.05, 4.69) is 6.92 Å². The fourth-order valence-electron chi connectivity index (χ4n) is 0.129. The summed E-state index contributed by atoms with van der Waals surface area (Å²) in [4.78, 5) is 0. The van der Waals surface area contributed by atoms with Gasteiger partial charge in [-0.15, -0.1) is 0 Å². The van der Waals surface area contributed by atoms with Gasteiger partial charge in [0, 0.05) is 5.75 Å². The Morgan fingerprint density at radius 1 is 1.43 bits per heavy atom. The summed E-state index contributed by atoms with van der Waals surface area (Å²) in [6.45, 7) is 3.34. The minimum atomic E-state index is -2.16. The summed E-state index contributed by atoms with van der Waals surface area (Å²) in [5, 5.41) is 0. The average Bonchev–Trinajstić information content (AvgIpc) is 1.35. The second-order valence-corrected chi connectivity index (χ2v) is 2.02. The molecule has 2 nitrogen and oxygen atoms in total. The Labute approximate surface area is 67.5 Å². The van der Waals surface area contributed by atoms with Gasteiger partial charge in [0.15, 0.2) is 0 Å². The first-order valence-corrected chi connectivity index (χ1v) is 3.04. The molecule has 1 radical (unpaired) electrons. The molecule has 0 aliphatic rings. The van der Waals surface area contributed by atoms with Crippen LogP contribution in [0.1, 0.15) is 6.42 Å². The van der Waals surface area contributed by atoms with E-state index in [0.29, 0.717) is 6.42 Å². The van der Waals surface area contributed by atoms with Crippen LogP contribution in [0.2, 0.25) is 0 Å². The third-order valence-electron chi connectivity index (χ3n) is 0.341. The molecule has 0 rings (SSSR count). The number of thiol groups is 1. The monoisotopic (exact) mass is 131 g/mol. The van der Waals surface area contributed by atoms with Gasteiger partial charge >= 0.3 is 29.6 Å². The van der Waals surface area contributed by atoms with Gasteiger partial charge in [0.2, 0.25) is 0 Å². The molecule has 0 bridgehead atoms. The molecule has 0 aromatic heterocycles. The second-order valence-electron chi connectivity index (χ2n) is 0.910. The summed E-state index contributed by atoms with van der Waals surface area (Å²) in [6, 6.07) is 0. The van der Waals surface area contributed by atoms with Gasteiger partial charge < -0.3 is 0 Å². The molecule has 7 heavy (non-hydrogen) atoms. The standard InChI is InChI=1S/C3H7O2S.Na.H/c1-2-3-6(4)5;;/h6H,1-3H2;;. The molecule has 0 aliphatic carbocycles. The van der Waals surface area contributed by atoms with Gasteiger partial charge in [-0.1, -0.05) is 6.92 Å². The molecule has 0 spiro atoms. The minimum absolute atomic E-state index is 0. The third kappa shape index (κ3) is 10.9. The van der Waals surface area contributed by atoms with Gasteiger partial charge in [-0.3, -0.25) is 0 Å². The fraction of sp³-hybridized carbons (Fsp3) is 0.667. The van der Waals surface area contributed by atoms with Crippen molar-refractivity contribution in [3.63, 3.8) is 0 Å². The van der Waals surface area contributed by atoms with Crippen LogP contribution in [0, 0.1) is 6.92 Å². The van der Waals surface area contributed by atoms with Gasteiger partial charge in [0.1, 0.15) is 10.7 Å². The summed E-state index contributed by atoms with van der Waals surface area (Å²) < 4.78 is 19.2. The molecule has 0 aliphatic heterocycles. The average molecular weight is 131 g/mol. The summed E-state index contributed by atoms with van der Waals surface area (Å²) >= 11 is 0. The molecule has 0 aromatic rings. The van der Waals surface area contributed by atoms with Crippen molar-refractivity contribution in [2.75, 3.05) is 5.75 Å². The zero-order chi connectivity index (χ0) is 4.99. The van der Waals surface area contributed by atoms with Gasteiger partial charge in [0.25, 0.3) is 0 Å². The number of rotatable bonds is 2. The molecular weight excluding hydrogens is 123 g/mol. The molecule has 39 valence electrons. The molecular formula is C3H8NaO2S. The van der Waals surface area contributed by atoms with E-state index in [9.17, 15) is 8.42 Å². The molecule has 4 heteroatoms.